The third-order valence-corrected chi connectivity index (χ3v) is 4.56. The molecule has 0 saturated carbocycles. The van der Waals surface area contributed by atoms with Crippen LogP contribution < -0.4 is 5.32 Å². The number of hydrogen-bond acceptors (Lipinski definition) is 3. The number of amides is 2. The van der Waals surface area contributed by atoms with Crippen LogP contribution in [0.2, 0.25) is 0 Å². The van der Waals surface area contributed by atoms with Gasteiger partial charge in [-0.05, 0) is 30.6 Å². The zero-order chi connectivity index (χ0) is 15.6. The summed E-state index contributed by atoms with van der Waals surface area (Å²) < 4.78 is 5.38. The standard InChI is InChI=1S/C15H26N2O4/c1-15(2,3)10-6-7-17(9-10)14(20)16-8-11-4-5-12(21-11)13(18)19/h10-12H,4-9H2,1-3H3,(H,16,20)(H,18,19). The Bertz CT molecular complexity index is 405. The molecule has 2 saturated heterocycles. The average Bonchev–Trinajstić information content (AvgIpc) is 3.04. The van der Waals surface area contributed by atoms with Crippen molar-refractivity contribution < 1.29 is 19.4 Å². The summed E-state index contributed by atoms with van der Waals surface area (Å²) in [5.74, 6) is -0.390. The summed E-state index contributed by atoms with van der Waals surface area (Å²) >= 11 is 0. The van der Waals surface area contributed by atoms with Gasteiger partial charge in [-0.15, -0.1) is 0 Å². The number of carboxylic acids is 1. The molecule has 2 amide bonds. The fourth-order valence-corrected chi connectivity index (χ4v) is 3.00. The van der Waals surface area contributed by atoms with E-state index in [9.17, 15) is 9.59 Å². The van der Waals surface area contributed by atoms with E-state index in [0.29, 0.717) is 25.3 Å². The maximum atomic E-state index is 12.1. The highest BCUT2D eigenvalue weighted by Gasteiger charge is 2.35. The average molecular weight is 298 g/mol. The summed E-state index contributed by atoms with van der Waals surface area (Å²) in [6.45, 7) is 8.58. The molecule has 0 aromatic rings. The van der Waals surface area contributed by atoms with E-state index in [1.807, 2.05) is 4.90 Å². The quantitative estimate of drug-likeness (QED) is 0.831. The molecule has 0 bridgehead atoms. The first kappa shape index (κ1) is 16.1. The van der Waals surface area contributed by atoms with Crippen LogP contribution in [0.15, 0.2) is 0 Å². The number of carboxylic acid groups (broad SMARTS) is 1. The van der Waals surface area contributed by atoms with Crippen molar-refractivity contribution in [1.82, 2.24) is 10.2 Å². The normalized spacial score (nSPS) is 29.7. The van der Waals surface area contributed by atoms with Crippen molar-refractivity contribution in [1.29, 1.82) is 0 Å². The Balaban J connectivity index is 1.73. The topological polar surface area (TPSA) is 78.9 Å². The molecule has 2 N–H and O–H groups in total. The summed E-state index contributed by atoms with van der Waals surface area (Å²) in [5, 5.41) is 11.7. The van der Waals surface area contributed by atoms with Crippen LogP contribution in [-0.4, -0.2) is 53.8 Å². The molecule has 0 aliphatic carbocycles. The molecule has 6 nitrogen and oxygen atoms in total. The van der Waals surface area contributed by atoms with Gasteiger partial charge in [0.25, 0.3) is 0 Å². The van der Waals surface area contributed by atoms with Gasteiger partial charge in [0.15, 0.2) is 6.10 Å². The first-order valence-electron chi connectivity index (χ1n) is 7.68. The number of nitrogens with zero attached hydrogens (tertiary/aromatic N) is 1. The van der Waals surface area contributed by atoms with Crippen LogP contribution in [-0.2, 0) is 9.53 Å². The lowest BCUT2D eigenvalue weighted by Crippen LogP contribution is -2.42. The summed E-state index contributed by atoms with van der Waals surface area (Å²) in [6, 6.07) is -0.0656. The van der Waals surface area contributed by atoms with Gasteiger partial charge in [0.05, 0.1) is 6.10 Å². The van der Waals surface area contributed by atoms with Crippen LogP contribution in [0.25, 0.3) is 0 Å². The van der Waals surface area contributed by atoms with Gasteiger partial charge in [-0.3, -0.25) is 0 Å². The second-order valence-electron chi connectivity index (χ2n) is 7.15. The van der Waals surface area contributed by atoms with E-state index < -0.39 is 12.1 Å². The highest BCUT2D eigenvalue weighted by atomic mass is 16.5. The van der Waals surface area contributed by atoms with Gasteiger partial charge in [0.2, 0.25) is 0 Å². The fraction of sp³-hybridized carbons (Fsp3) is 0.867. The van der Waals surface area contributed by atoms with Crippen LogP contribution >= 0.6 is 0 Å². The lowest BCUT2D eigenvalue weighted by Gasteiger charge is -2.27. The van der Waals surface area contributed by atoms with Gasteiger partial charge < -0.3 is 20.1 Å². The molecule has 0 spiro atoms. The molecule has 6 heteroatoms. The molecule has 2 aliphatic rings. The van der Waals surface area contributed by atoms with E-state index >= 15 is 0 Å². The van der Waals surface area contributed by atoms with Crippen LogP contribution in [0.4, 0.5) is 4.79 Å². The predicted octanol–water partition coefficient (Wildman–Crippen LogP) is 1.70. The number of carbonyl (C=O) groups excluding carboxylic acids is 1. The fourth-order valence-electron chi connectivity index (χ4n) is 3.00. The Kier molecular flexibility index (Phi) is 4.76. The number of hydrogen-bond donors (Lipinski definition) is 2. The number of ether oxygens (including phenoxy) is 1. The maximum Gasteiger partial charge on any atom is 0.332 e. The van der Waals surface area contributed by atoms with E-state index in [1.54, 1.807) is 0 Å². The van der Waals surface area contributed by atoms with E-state index in [-0.39, 0.29) is 17.6 Å². The molecule has 0 radical (unpaired) electrons. The van der Waals surface area contributed by atoms with E-state index in [2.05, 4.69) is 26.1 Å². The Hall–Kier alpha value is -1.30. The van der Waals surface area contributed by atoms with Crippen molar-refractivity contribution in [3.8, 4) is 0 Å². The van der Waals surface area contributed by atoms with Gasteiger partial charge >= 0.3 is 12.0 Å². The summed E-state index contributed by atoms with van der Waals surface area (Å²) in [4.78, 5) is 24.8. The molecular weight excluding hydrogens is 272 g/mol. The minimum atomic E-state index is -0.920. The second-order valence-corrected chi connectivity index (χ2v) is 7.15. The number of carbonyl (C=O) groups is 2. The van der Waals surface area contributed by atoms with Crippen molar-refractivity contribution >= 4 is 12.0 Å². The van der Waals surface area contributed by atoms with E-state index in [4.69, 9.17) is 9.84 Å². The Morgan fingerprint density at radius 2 is 2.00 bits per heavy atom. The molecular formula is C15H26N2O4. The molecule has 2 heterocycles. The van der Waals surface area contributed by atoms with E-state index in [0.717, 1.165) is 19.5 Å². The number of aliphatic carboxylic acids is 1. The summed E-state index contributed by atoms with van der Waals surface area (Å²) in [6.07, 6.45) is 1.34. The molecule has 3 unspecified atom stereocenters. The Morgan fingerprint density at radius 3 is 2.52 bits per heavy atom. The van der Waals surface area contributed by atoms with Crippen LogP contribution in [0, 0.1) is 11.3 Å². The Labute approximate surface area is 125 Å². The third-order valence-electron chi connectivity index (χ3n) is 4.56. The zero-order valence-electron chi connectivity index (χ0n) is 13.1. The van der Waals surface area contributed by atoms with Crippen LogP contribution in [0.1, 0.15) is 40.0 Å². The molecule has 0 aromatic carbocycles. The highest BCUT2D eigenvalue weighted by molar-refractivity contribution is 5.74. The van der Waals surface area contributed by atoms with Gasteiger partial charge in [-0.1, -0.05) is 20.8 Å². The van der Waals surface area contributed by atoms with Crippen LogP contribution in [0.3, 0.4) is 0 Å². The molecule has 2 fully saturated rings. The van der Waals surface area contributed by atoms with Gasteiger partial charge in [-0.2, -0.15) is 0 Å². The number of urea groups is 1. The molecule has 0 aromatic heterocycles. The molecule has 2 aliphatic heterocycles. The molecule has 120 valence electrons. The zero-order valence-corrected chi connectivity index (χ0v) is 13.1. The lowest BCUT2D eigenvalue weighted by molar-refractivity contribution is -0.149. The SMILES string of the molecule is CC(C)(C)C1CCN(C(=O)NCC2CCC(C(=O)O)O2)C1. The van der Waals surface area contributed by atoms with Crippen molar-refractivity contribution in [3.05, 3.63) is 0 Å². The number of likely N-dealkylation sites (tertiary alicyclic amines) is 1. The highest BCUT2D eigenvalue weighted by Crippen LogP contribution is 2.33. The van der Waals surface area contributed by atoms with Crippen LogP contribution in [0.5, 0.6) is 0 Å². The first-order valence-corrected chi connectivity index (χ1v) is 7.68. The predicted molar refractivity (Wildman–Crippen MR) is 78.1 cm³/mol. The van der Waals surface area contributed by atoms with Crippen molar-refractivity contribution in [3.63, 3.8) is 0 Å². The molecule has 2 rings (SSSR count). The lowest BCUT2D eigenvalue weighted by atomic mass is 9.80. The summed E-state index contributed by atoms with van der Waals surface area (Å²) in [5.41, 5.74) is 0.221. The largest absolute Gasteiger partial charge is 0.479 e. The van der Waals surface area contributed by atoms with Gasteiger partial charge in [0.1, 0.15) is 0 Å². The number of rotatable bonds is 3. The second kappa shape index (κ2) is 6.22. The van der Waals surface area contributed by atoms with Crippen molar-refractivity contribution in [2.75, 3.05) is 19.6 Å². The summed E-state index contributed by atoms with van der Waals surface area (Å²) in [7, 11) is 0. The molecule has 3 atom stereocenters. The minimum Gasteiger partial charge on any atom is -0.479 e. The number of nitrogens with one attached hydrogen (secondary N) is 1. The van der Waals surface area contributed by atoms with Crippen molar-refractivity contribution in [2.45, 2.75) is 52.2 Å². The van der Waals surface area contributed by atoms with Gasteiger partial charge in [0, 0.05) is 19.6 Å². The molecule has 21 heavy (non-hydrogen) atoms. The first-order chi connectivity index (χ1) is 9.77. The van der Waals surface area contributed by atoms with Crippen molar-refractivity contribution in [2.24, 2.45) is 11.3 Å². The third kappa shape index (κ3) is 4.09. The monoisotopic (exact) mass is 298 g/mol. The van der Waals surface area contributed by atoms with E-state index in [1.165, 1.54) is 0 Å². The maximum absolute atomic E-state index is 12.1. The Morgan fingerprint density at radius 1 is 1.29 bits per heavy atom. The van der Waals surface area contributed by atoms with Gasteiger partial charge in [-0.25, -0.2) is 9.59 Å². The minimum absolute atomic E-state index is 0.0656. The smallest absolute Gasteiger partial charge is 0.332 e.